The van der Waals surface area contributed by atoms with Crippen molar-refractivity contribution in [2.24, 2.45) is 0 Å². The van der Waals surface area contributed by atoms with E-state index in [1.54, 1.807) is 21.1 Å². The summed E-state index contributed by atoms with van der Waals surface area (Å²) in [6.07, 6.45) is 2.79. The van der Waals surface area contributed by atoms with E-state index in [2.05, 4.69) is 0 Å². The van der Waals surface area contributed by atoms with Crippen molar-refractivity contribution in [2.45, 2.75) is 12.8 Å². The number of halogens is 1. The number of nitrogens with one attached hydrogen (secondary N) is 2. The van der Waals surface area contributed by atoms with Crippen LogP contribution in [0.25, 0.3) is 10.4 Å². The number of quaternary nitrogens is 2. The fraction of sp³-hybridized carbons (Fsp3) is 0.476. The van der Waals surface area contributed by atoms with E-state index in [0.717, 1.165) is 46.5 Å². The maximum atomic E-state index is 12.9. The Balaban J connectivity index is 1.29. The largest absolute Gasteiger partial charge is 0.330 e. The van der Waals surface area contributed by atoms with Crippen LogP contribution < -0.4 is 9.80 Å². The highest BCUT2D eigenvalue weighted by molar-refractivity contribution is 7.17. The van der Waals surface area contributed by atoms with Gasteiger partial charge in [0.15, 0.2) is 0 Å². The van der Waals surface area contributed by atoms with Crippen LogP contribution in [0.5, 0.6) is 0 Å². The van der Waals surface area contributed by atoms with Gasteiger partial charge in [-0.2, -0.15) is 0 Å². The molecule has 1 amide bonds. The quantitative estimate of drug-likeness (QED) is 0.766. The molecule has 4 nitrogen and oxygen atoms in total. The number of rotatable bonds is 5. The van der Waals surface area contributed by atoms with Crippen LogP contribution >= 0.6 is 22.9 Å². The summed E-state index contributed by atoms with van der Waals surface area (Å²) < 4.78 is 0. The van der Waals surface area contributed by atoms with Crippen LogP contribution in [0.2, 0.25) is 5.02 Å². The number of likely N-dealkylation sites (tertiary alicyclic amines) is 1. The summed E-state index contributed by atoms with van der Waals surface area (Å²) in [4.78, 5) is 20.3. The monoisotopic (exact) mass is 405 g/mol. The van der Waals surface area contributed by atoms with Crippen LogP contribution in [0, 0.1) is 0 Å². The summed E-state index contributed by atoms with van der Waals surface area (Å²) in [5.41, 5.74) is 1.11. The highest BCUT2D eigenvalue weighted by Gasteiger charge is 2.26. The predicted octanol–water partition coefficient (Wildman–Crippen LogP) is 1.09. The van der Waals surface area contributed by atoms with E-state index in [9.17, 15) is 4.79 Å². The minimum Gasteiger partial charge on any atom is -0.330 e. The van der Waals surface area contributed by atoms with E-state index in [1.807, 2.05) is 41.3 Å². The van der Waals surface area contributed by atoms with Gasteiger partial charge in [0.25, 0.3) is 5.91 Å². The third-order valence-corrected chi connectivity index (χ3v) is 7.22. The molecular formula is C21H28ClN3OS+2. The van der Waals surface area contributed by atoms with Crippen molar-refractivity contribution in [3.05, 3.63) is 46.3 Å². The van der Waals surface area contributed by atoms with Gasteiger partial charge in [-0.1, -0.05) is 23.7 Å². The molecule has 0 atom stereocenters. The first-order valence-corrected chi connectivity index (χ1v) is 11.2. The van der Waals surface area contributed by atoms with E-state index < -0.39 is 0 Å². The number of carbonyl (C=O) groups excluding carboxylic acids is 1. The Hall–Kier alpha value is -1.40. The zero-order valence-corrected chi connectivity index (χ0v) is 17.2. The van der Waals surface area contributed by atoms with Crippen molar-refractivity contribution in [2.75, 3.05) is 52.4 Å². The highest BCUT2D eigenvalue weighted by Crippen LogP contribution is 2.29. The maximum absolute atomic E-state index is 12.9. The Bertz CT molecular complexity index is 762. The topological polar surface area (TPSA) is 29.2 Å². The summed E-state index contributed by atoms with van der Waals surface area (Å²) >= 11 is 7.54. The van der Waals surface area contributed by atoms with Crippen LogP contribution in [0.4, 0.5) is 0 Å². The van der Waals surface area contributed by atoms with Crippen LogP contribution in [0.3, 0.4) is 0 Å². The third kappa shape index (κ3) is 4.72. The van der Waals surface area contributed by atoms with Crippen molar-refractivity contribution in [1.82, 2.24) is 4.90 Å². The van der Waals surface area contributed by atoms with Gasteiger partial charge in [-0.3, -0.25) is 4.79 Å². The van der Waals surface area contributed by atoms with Gasteiger partial charge < -0.3 is 14.7 Å². The Morgan fingerprint density at radius 2 is 1.56 bits per heavy atom. The smallest absolute Gasteiger partial charge is 0.264 e. The van der Waals surface area contributed by atoms with Crippen molar-refractivity contribution in [3.8, 4) is 10.4 Å². The zero-order chi connectivity index (χ0) is 18.6. The second-order valence-corrected chi connectivity index (χ2v) is 9.19. The molecule has 27 heavy (non-hydrogen) atoms. The van der Waals surface area contributed by atoms with Crippen LogP contribution in [0.15, 0.2) is 36.4 Å². The molecule has 0 unspecified atom stereocenters. The number of amides is 1. The fourth-order valence-electron chi connectivity index (χ4n) is 4.13. The molecule has 2 fully saturated rings. The summed E-state index contributed by atoms with van der Waals surface area (Å²) in [6, 6.07) is 11.8. The third-order valence-electron chi connectivity index (χ3n) is 5.85. The first-order valence-electron chi connectivity index (χ1n) is 10.0. The number of carbonyl (C=O) groups is 1. The lowest BCUT2D eigenvalue weighted by atomic mass is 10.2. The predicted molar refractivity (Wildman–Crippen MR) is 111 cm³/mol. The highest BCUT2D eigenvalue weighted by atomic mass is 35.5. The molecule has 1 aromatic carbocycles. The lowest BCUT2D eigenvalue weighted by Gasteiger charge is -2.32. The fourth-order valence-corrected chi connectivity index (χ4v) is 5.24. The molecule has 6 heteroatoms. The van der Waals surface area contributed by atoms with Gasteiger partial charge in [-0.25, -0.2) is 0 Å². The molecule has 144 valence electrons. The lowest BCUT2D eigenvalue weighted by Crippen LogP contribution is -3.21. The minimum absolute atomic E-state index is 0.185. The molecule has 2 aliphatic rings. The molecule has 1 aromatic heterocycles. The molecule has 0 saturated carbocycles. The van der Waals surface area contributed by atoms with Gasteiger partial charge in [-0.15, -0.1) is 11.3 Å². The molecule has 2 aromatic rings. The van der Waals surface area contributed by atoms with E-state index in [1.165, 1.54) is 39.0 Å². The van der Waals surface area contributed by atoms with Gasteiger partial charge in [0.1, 0.15) is 13.1 Å². The second-order valence-electron chi connectivity index (χ2n) is 7.67. The molecule has 2 N–H and O–H groups in total. The number of benzene rings is 1. The van der Waals surface area contributed by atoms with Crippen LogP contribution in [-0.2, 0) is 0 Å². The molecular weight excluding hydrogens is 378 g/mol. The first-order chi connectivity index (χ1) is 13.2. The van der Waals surface area contributed by atoms with Crippen molar-refractivity contribution >= 4 is 28.8 Å². The van der Waals surface area contributed by atoms with Gasteiger partial charge in [-0.05, 0) is 29.8 Å². The molecule has 4 rings (SSSR count). The molecule has 0 spiro atoms. The van der Waals surface area contributed by atoms with Crippen LogP contribution in [0.1, 0.15) is 22.5 Å². The van der Waals surface area contributed by atoms with Crippen molar-refractivity contribution in [3.63, 3.8) is 0 Å². The number of nitrogens with zero attached hydrogens (tertiary/aromatic N) is 1. The summed E-state index contributed by atoms with van der Waals surface area (Å²) in [5, 5.41) is 0.735. The number of piperazine rings is 1. The molecule has 3 heterocycles. The van der Waals surface area contributed by atoms with E-state index in [-0.39, 0.29) is 5.91 Å². The molecule has 2 aliphatic heterocycles. The Kier molecular flexibility index (Phi) is 6.13. The maximum Gasteiger partial charge on any atom is 0.264 e. The second kappa shape index (κ2) is 8.74. The van der Waals surface area contributed by atoms with Gasteiger partial charge >= 0.3 is 0 Å². The number of thiophene rings is 1. The van der Waals surface area contributed by atoms with Gasteiger partial charge in [0.2, 0.25) is 0 Å². The van der Waals surface area contributed by atoms with Gasteiger partial charge in [0.05, 0.1) is 44.1 Å². The van der Waals surface area contributed by atoms with E-state index in [0.29, 0.717) is 0 Å². The Morgan fingerprint density at radius 3 is 2.22 bits per heavy atom. The average molecular weight is 406 g/mol. The SMILES string of the molecule is O=C(c1ccc(-c2ccc(Cl)cc2)s1)N1CC[NH+](CC[NH+]2CCCC2)CC1. The average Bonchev–Trinajstić information content (AvgIpc) is 3.39. The normalized spacial score (nSPS) is 18.9. The van der Waals surface area contributed by atoms with Crippen molar-refractivity contribution < 1.29 is 14.6 Å². The zero-order valence-electron chi connectivity index (χ0n) is 15.7. The molecule has 0 bridgehead atoms. The minimum atomic E-state index is 0.185. The number of hydrogen-bond acceptors (Lipinski definition) is 2. The van der Waals surface area contributed by atoms with E-state index in [4.69, 9.17) is 11.6 Å². The van der Waals surface area contributed by atoms with Crippen LogP contribution in [-0.4, -0.2) is 63.2 Å². The molecule has 2 saturated heterocycles. The van der Waals surface area contributed by atoms with E-state index >= 15 is 0 Å². The lowest BCUT2D eigenvalue weighted by molar-refractivity contribution is -0.954. The number of hydrogen-bond donors (Lipinski definition) is 2. The Morgan fingerprint density at radius 1 is 0.926 bits per heavy atom. The standard InChI is InChI=1S/C21H26ClN3OS/c22-18-5-3-17(4-6-18)19-7-8-20(27-19)21(26)25-15-13-24(14-16-25)12-11-23-9-1-2-10-23/h3-8H,1-2,9-16H2/p+2. The summed E-state index contributed by atoms with van der Waals surface area (Å²) in [6.45, 7) is 9.15. The molecule has 0 radical (unpaired) electrons. The Labute approximate surface area is 170 Å². The summed E-state index contributed by atoms with van der Waals surface area (Å²) in [7, 11) is 0. The molecule has 0 aliphatic carbocycles. The van der Waals surface area contributed by atoms with Gasteiger partial charge in [0, 0.05) is 22.7 Å². The van der Waals surface area contributed by atoms with Crippen molar-refractivity contribution in [1.29, 1.82) is 0 Å². The summed E-state index contributed by atoms with van der Waals surface area (Å²) in [5.74, 6) is 0.185. The first kappa shape index (κ1) is 18.9.